The first kappa shape index (κ1) is 20.4. The van der Waals surface area contributed by atoms with Gasteiger partial charge in [0.05, 0.1) is 5.56 Å². The Hall–Kier alpha value is -2.84. The Morgan fingerprint density at radius 3 is 2.60 bits per heavy atom. The van der Waals surface area contributed by atoms with Crippen molar-refractivity contribution in [3.05, 3.63) is 56.2 Å². The Labute approximate surface area is 181 Å². The maximum absolute atomic E-state index is 12.7. The lowest BCUT2D eigenvalue weighted by molar-refractivity contribution is -0.136. The van der Waals surface area contributed by atoms with E-state index in [9.17, 15) is 24.0 Å². The molecule has 1 aromatic carbocycles. The number of imide groups is 1. The number of amides is 3. The molecule has 154 valence electrons. The molecule has 7 nitrogen and oxygen atoms in total. The second-order valence-corrected chi connectivity index (χ2v) is 8.61. The van der Waals surface area contributed by atoms with E-state index in [0.717, 1.165) is 10.4 Å². The molecule has 1 unspecified atom stereocenters. The molecule has 1 aromatic heterocycles. The molecule has 0 radical (unpaired) electrons. The van der Waals surface area contributed by atoms with Gasteiger partial charge in [0.25, 0.3) is 5.91 Å². The highest BCUT2D eigenvalue weighted by molar-refractivity contribution is 7.10. The van der Waals surface area contributed by atoms with Crippen LogP contribution in [-0.4, -0.2) is 40.2 Å². The third-order valence-electron chi connectivity index (χ3n) is 5.33. The lowest BCUT2D eigenvalue weighted by Crippen LogP contribution is -2.52. The third kappa shape index (κ3) is 3.80. The van der Waals surface area contributed by atoms with E-state index < -0.39 is 23.5 Å². The predicted octanol–water partition coefficient (Wildman–Crippen LogP) is 2.55. The number of carbonyl (C=O) groups excluding carboxylic acids is 5. The van der Waals surface area contributed by atoms with E-state index >= 15 is 0 Å². The van der Waals surface area contributed by atoms with Crippen LogP contribution in [0.3, 0.4) is 0 Å². The molecule has 3 amide bonds. The molecular formula is C21H17ClN2O5S. The van der Waals surface area contributed by atoms with Gasteiger partial charge in [0.1, 0.15) is 6.04 Å². The van der Waals surface area contributed by atoms with Gasteiger partial charge in [-0.3, -0.25) is 29.3 Å². The number of benzene rings is 1. The Morgan fingerprint density at radius 1 is 1.17 bits per heavy atom. The van der Waals surface area contributed by atoms with Gasteiger partial charge >= 0.3 is 0 Å². The maximum atomic E-state index is 12.7. The van der Waals surface area contributed by atoms with Gasteiger partial charge in [-0.15, -0.1) is 11.3 Å². The summed E-state index contributed by atoms with van der Waals surface area (Å²) in [6.07, 6.45) is 0.865. The molecule has 30 heavy (non-hydrogen) atoms. The monoisotopic (exact) mass is 444 g/mol. The highest BCUT2D eigenvalue weighted by Crippen LogP contribution is 2.34. The number of Topliss-reactive ketones (excluding diaryl/α,β-unsaturated/α-hetero) is 2. The molecule has 0 spiro atoms. The fourth-order valence-electron chi connectivity index (χ4n) is 3.72. The number of nitrogens with one attached hydrogen (secondary N) is 1. The third-order valence-corrected chi connectivity index (χ3v) is 6.67. The summed E-state index contributed by atoms with van der Waals surface area (Å²) in [6.45, 7) is 0.262. The molecule has 0 bridgehead atoms. The number of carbonyl (C=O) groups is 5. The van der Waals surface area contributed by atoms with E-state index in [1.165, 1.54) is 28.4 Å². The SMILES string of the molecule is O=C1CCC(N2Cc3c(csc3CCC(=O)C(=O)c3ccc(Cl)cc3)C2=O)C(=O)N1. The van der Waals surface area contributed by atoms with Crippen LogP contribution in [0.25, 0.3) is 0 Å². The van der Waals surface area contributed by atoms with Crippen molar-refractivity contribution in [1.29, 1.82) is 0 Å². The first-order valence-electron chi connectivity index (χ1n) is 9.42. The predicted molar refractivity (Wildman–Crippen MR) is 109 cm³/mol. The first-order chi connectivity index (χ1) is 14.3. The number of halogens is 1. The summed E-state index contributed by atoms with van der Waals surface area (Å²) in [6, 6.07) is 5.48. The summed E-state index contributed by atoms with van der Waals surface area (Å²) in [7, 11) is 0. The summed E-state index contributed by atoms with van der Waals surface area (Å²) >= 11 is 7.18. The molecule has 0 aliphatic carbocycles. The second kappa shape index (κ2) is 8.12. The van der Waals surface area contributed by atoms with E-state index in [2.05, 4.69) is 5.32 Å². The summed E-state index contributed by atoms with van der Waals surface area (Å²) < 4.78 is 0. The van der Waals surface area contributed by atoms with Gasteiger partial charge in [-0.25, -0.2) is 0 Å². The minimum atomic E-state index is -0.673. The fraction of sp³-hybridized carbons (Fsp3) is 0.286. The number of piperidine rings is 1. The highest BCUT2D eigenvalue weighted by Gasteiger charge is 2.40. The van der Waals surface area contributed by atoms with Crippen LogP contribution >= 0.6 is 22.9 Å². The number of hydrogen-bond acceptors (Lipinski definition) is 6. The molecule has 9 heteroatoms. The van der Waals surface area contributed by atoms with Crippen molar-refractivity contribution in [1.82, 2.24) is 10.2 Å². The summed E-state index contributed by atoms with van der Waals surface area (Å²) in [5, 5.41) is 4.48. The Bertz CT molecular complexity index is 1080. The van der Waals surface area contributed by atoms with Crippen LogP contribution in [0, 0.1) is 0 Å². The fourth-order valence-corrected chi connectivity index (χ4v) is 4.88. The lowest BCUT2D eigenvalue weighted by atomic mass is 10.0. The molecular weight excluding hydrogens is 428 g/mol. The molecule has 1 N–H and O–H groups in total. The largest absolute Gasteiger partial charge is 0.322 e. The molecule has 4 rings (SSSR count). The van der Waals surface area contributed by atoms with Crippen molar-refractivity contribution >= 4 is 52.2 Å². The minimum Gasteiger partial charge on any atom is -0.322 e. The Balaban J connectivity index is 1.42. The van der Waals surface area contributed by atoms with Gasteiger partial charge in [-0.2, -0.15) is 0 Å². The Kier molecular flexibility index (Phi) is 5.53. The average Bonchev–Trinajstić information content (AvgIpc) is 3.26. The summed E-state index contributed by atoms with van der Waals surface area (Å²) in [5.74, 6) is -2.11. The number of hydrogen-bond donors (Lipinski definition) is 1. The van der Waals surface area contributed by atoms with Gasteiger partial charge in [0.2, 0.25) is 23.4 Å². The Morgan fingerprint density at radius 2 is 1.90 bits per heavy atom. The van der Waals surface area contributed by atoms with Crippen molar-refractivity contribution in [3.63, 3.8) is 0 Å². The van der Waals surface area contributed by atoms with Crippen LogP contribution in [0.2, 0.25) is 5.02 Å². The topological polar surface area (TPSA) is 101 Å². The zero-order valence-electron chi connectivity index (χ0n) is 15.8. The zero-order valence-corrected chi connectivity index (χ0v) is 17.3. The minimum absolute atomic E-state index is 0.0288. The van der Waals surface area contributed by atoms with Gasteiger partial charge < -0.3 is 4.90 Å². The standard InChI is InChI=1S/C21H17ClN2O5S/c22-12-3-1-11(2-4-12)19(27)16(25)6-7-17-13-9-24(21(29)14(13)10-30-17)15-5-8-18(26)23-20(15)28/h1-4,10,15H,5-9H2,(H,23,26,28). The molecule has 1 atom stereocenters. The van der Waals surface area contributed by atoms with Crippen LogP contribution in [-0.2, 0) is 27.3 Å². The van der Waals surface area contributed by atoms with Crippen LogP contribution in [0.4, 0.5) is 0 Å². The van der Waals surface area contributed by atoms with E-state index in [0.29, 0.717) is 29.0 Å². The molecule has 3 heterocycles. The summed E-state index contributed by atoms with van der Waals surface area (Å²) in [5.41, 5.74) is 1.61. The molecule has 1 saturated heterocycles. The van der Waals surface area contributed by atoms with Crippen LogP contribution in [0.15, 0.2) is 29.6 Å². The first-order valence-corrected chi connectivity index (χ1v) is 10.7. The van der Waals surface area contributed by atoms with Crippen molar-refractivity contribution in [2.45, 2.75) is 38.3 Å². The second-order valence-electron chi connectivity index (χ2n) is 7.21. The van der Waals surface area contributed by atoms with Crippen LogP contribution in [0.5, 0.6) is 0 Å². The number of ketones is 2. The maximum Gasteiger partial charge on any atom is 0.256 e. The summed E-state index contributed by atoms with van der Waals surface area (Å²) in [4.78, 5) is 63.2. The zero-order chi connectivity index (χ0) is 21.4. The van der Waals surface area contributed by atoms with Gasteiger partial charge in [0, 0.05) is 40.2 Å². The van der Waals surface area contributed by atoms with Gasteiger partial charge in [-0.05, 0) is 42.7 Å². The smallest absolute Gasteiger partial charge is 0.256 e. The number of rotatable bonds is 6. The average molecular weight is 445 g/mol. The van der Waals surface area contributed by atoms with Gasteiger partial charge in [0.15, 0.2) is 0 Å². The lowest BCUT2D eigenvalue weighted by Gasteiger charge is -2.29. The van der Waals surface area contributed by atoms with Gasteiger partial charge in [-0.1, -0.05) is 11.6 Å². The van der Waals surface area contributed by atoms with Crippen molar-refractivity contribution in [2.75, 3.05) is 0 Å². The van der Waals surface area contributed by atoms with E-state index in [1.807, 2.05) is 0 Å². The van der Waals surface area contributed by atoms with E-state index in [4.69, 9.17) is 11.6 Å². The molecule has 2 aliphatic heterocycles. The van der Waals surface area contributed by atoms with Crippen molar-refractivity contribution < 1.29 is 24.0 Å². The number of thiophene rings is 1. The molecule has 2 aliphatic rings. The van der Waals surface area contributed by atoms with Crippen LogP contribution in [0.1, 0.15) is 50.4 Å². The number of fused-ring (bicyclic) bond motifs is 1. The number of nitrogens with zero attached hydrogens (tertiary/aromatic N) is 1. The molecule has 1 fully saturated rings. The van der Waals surface area contributed by atoms with Crippen molar-refractivity contribution in [2.24, 2.45) is 0 Å². The van der Waals surface area contributed by atoms with Crippen LogP contribution < -0.4 is 5.32 Å². The van der Waals surface area contributed by atoms with E-state index in [1.54, 1.807) is 17.5 Å². The quantitative estimate of drug-likeness (QED) is 0.419. The normalized spacial score (nSPS) is 18.4. The van der Waals surface area contributed by atoms with Crippen molar-refractivity contribution in [3.8, 4) is 0 Å². The number of aryl methyl sites for hydroxylation is 1. The molecule has 0 saturated carbocycles. The molecule has 2 aromatic rings. The highest BCUT2D eigenvalue weighted by atomic mass is 35.5. The van der Waals surface area contributed by atoms with E-state index in [-0.39, 0.29) is 31.2 Å².